The molecule has 1 aliphatic rings. The van der Waals surface area contributed by atoms with Gasteiger partial charge in [-0.25, -0.2) is 4.79 Å². The van der Waals surface area contributed by atoms with E-state index in [1.807, 2.05) is 23.0 Å². The van der Waals surface area contributed by atoms with Crippen molar-refractivity contribution in [1.29, 1.82) is 0 Å². The quantitative estimate of drug-likeness (QED) is 0.723. The Kier molecular flexibility index (Phi) is 4.71. The molecule has 0 radical (unpaired) electrons. The Bertz CT molecular complexity index is 1040. The minimum Gasteiger partial charge on any atom is -0.489 e. The Labute approximate surface area is 164 Å². The summed E-state index contributed by atoms with van der Waals surface area (Å²) in [6, 6.07) is 10.6. The minimum absolute atomic E-state index is 0.329. The number of hydrogen-bond acceptors (Lipinski definition) is 3. The molecule has 1 amide bonds. The van der Waals surface area contributed by atoms with Gasteiger partial charge in [-0.3, -0.25) is 4.68 Å². The lowest BCUT2D eigenvalue weighted by molar-refractivity contribution is 0.140. The highest BCUT2D eigenvalue weighted by Crippen LogP contribution is 2.30. The van der Waals surface area contributed by atoms with Crippen molar-refractivity contribution in [3.05, 3.63) is 58.8 Å². The highest BCUT2D eigenvalue weighted by molar-refractivity contribution is 5.79. The monoisotopic (exact) mass is 379 g/mol. The first-order valence-corrected chi connectivity index (χ1v) is 9.62. The molecule has 28 heavy (non-hydrogen) atoms. The van der Waals surface area contributed by atoms with Gasteiger partial charge in [0.15, 0.2) is 0 Å². The van der Waals surface area contributed by atoms with E-state index in [2.05, 4.69) is 44.1 Å². The minimum atomic E-state index is -0.861. The highest BCUT2D eigenvalue weighted by atomic mass is 16.5. The van der Waals surface area contributed by atoms with Crippen molar-refractivity contribution in [3.63, 3.8) is 0 Å². The van der Waals surface area contributed by atoms with E-state index < -0.39 is 6.09 Å². The zero-order chi connectivity index (χ0) is 19.8. The Balaban J connectivity index is 1.51. The lowest BCUT2D eigenvalue weighted by Gasteiger charge is -2.28. The van der Waals surface area contributed by atoms with Gasteiger partial charge in [-0.1, -0.05) is 12.1 Å². The van der Waals surface area contributed by atoms with E-state index in [0.29, 0.717) is 25.7 Å². The van der Waals surface area contributed by atoms with Gasteiger partial charge >= 0.3 is 6.09 Å². The fourth-order valence-electron chi connectivity index (χ4n) is 3.90. The molecule has 1 aliphatic heterocycles. The number of hydrogen-bond donors (Lipinski definition) is 1. The number of aromatic nitrogens is 2. The van der Waals surface area contributed by atoms with Crippen molar-refractivity contribution in [3.8, 4) is 5.75 Å². The second-order valence-electron chi connectivity index (χ2n) is 7.65. The molecule has 2 aromatic carbocycles. The first kappa shape index (κ1) is 18.3. The summed E-state index contributed by atoms with van der Waals surface area (Å²) in [5, 5.41) is 14.8. The number of benzene rings is 2. The summed E-state index contributed by atoms with van der Waals surface area (Å²) in [4.78, 5) is 12.7. The molecule has 0 unspecified atom stereocenters. The van der Waals surface area contributed by atoms with Crippen molar-refractivity contribution < 1.29 is 14.6 Å². The van der Waals surface area contributed by atoms with Crippen molar-refractivity contribution in [2.75, 3.05) is 6.54 Å². The maximum atomic E-state index is 11.2. The molecule has 0 bridgehead atoms. The van der Waals surface area contributed by atoms with Crippen LogP contribution in [0.1, 0.15) is 42.1 Å². The molecular formula is C22H25N3O3. The number of nitrogens with zero attached hydrogens (tertiary/aromatic N) is 3. The molecule has 1 aromatic heterocycles. The average Bonchev–Trinajstić information content (AvgIpc) is 3.10. The summed E-state index contributed by atoms with van der Waals surface area (Å²) in [7, 11) is 0. The molecule has 0 saturated heterocycles. The van der Waals surface area contributed by atoms with Gasteiger partial charge in [0.25, 0.3) is 0 Å². The number of ether oxygens (including phenoxy) is 1. The van der Waals surface area contributed by atoms with Gasteiger partial charge in [0, 0.05) is 24.5 Å². The van der Waals surface area contributed by atoms with Crippen LogP contribution in [0.3, 0.4) is 0 Å². The van der Waals surface area contributed by atoms with Crippen LogP contribution in [0.15, 0.2) is 36.5 Å². The van der Waals surface area contributed by atoms with E-state index in [4.69, 9.17) is 4.74 Å². The molecule has 146 valence electrons. The third-order valence-electron chi connectivity index (χ3n) is 5.45. The first-order valence-electron chi connectivity index (χ1n) is 9.62. The molecule has 3 aromatic rings. The molecular weight excluding hydrogens is 354 g/mol. The Morgan fingerprint density at radius 2 is 2.11 bits per heavy atom. The van der Waals surface area contributed by atoms with Gasteiger partial charge in [-0.05, 0) is 67.6 Å². The van der Waals surface area contributed by atoms with Crippen LogP contribution in [0.25, 0.3) is 10.9 Å². The number of carboxylic acid groups (broad SMARTS) is 1. The van der Waals surface area contributed by atoms with E-state index >= 15 is 0 Å². The number of rotatable bonds is 4. The zero-order valence-electron chi connectivity index (χ0n) is 16.5. The van der Waals surface area contributed by atoms with Gasteiger partial charge in [0.05, 0.1) is 11.7 Å². The van der Waals surface area contributed by atoms with Gasteiger partial charge in [0.1, 0.15) is 12.4 Å². The Morgan fingerprint density at radius 3 is 2.86 bits per heavy atom. The van der Waals surface area contributed by atoms with Crippen LogP contribution in [0.4, 0.5) is 4.79 Å². The van der Waals surface area contributed by atoms with Crippen LogP contribution < -0.4 is 4.74 Å². The summed E-state index contributed by atoms with van der Waals surface area (Å²) >= 11 is 0. The summed E-state index contributed by atoms with van der Waals surface area (Å²) in [6.07, 6.45) is 1.77. The predicted octanol–water partition coefficient (Wildman–Crippen LogP) is 4.54. The second-order valence-corrected chi connectivity index (χ2v) is 7.65. The van der Waals surface area contributed by atoms with E-state index in [0.717, 1.165) is 39.8 Å². The normalized spacial score (nSPS) is 13.8. The molecule has 2 heterocycles. The maximum absolute atomic E-state index is 11.2. The lowest BCUT2D eigenvalue weighted by Crippen LogP contribution is -2.35. The molecule has 4 rings (SSSR count). The lowest BCUT2D eigenvalue weighted by atomic mass is 9.94. The third kappa shape index (κ3) is 3.30. The molecule has 0 fully saturated rings. The predicted molar refractivity (Wildman–Crippen MR) is 108 cm³/mol. The fourth-order valence-corrected chi connectivity index (χ4v) is 3.90. The molecule has 0 spiro atoms. The molecule has 0 aliphatic carbocycles. The van der Waals surface area contributed by atoms with Crippen LogP contribution in [0.2, 0.25) is 0 Å². The Hall–Kier alpha value is -3.02. The third-order valence-corrected chi connectivity index (χ3v) is 5.45. The Morgan fingerprint density at radius 1 is 1.29 bits per heavy atom. The van der Waals surface area contributed by atoms with Crippen molar-refractivity contribution in [1.82, 2.24) is 14.7 Å². The highest BCUT2D eigenvalue weighted by Gasteiger charge is 2.22. The van der Waals surface area contributed by atoms with Gasteiger partial charge < -0.3 is 14.7 Å². The summed E-state index contributed by atoms with van der Waals surface area (Å²) < 4.78 is 8.13. The van der Waals surface area contributed by atoms with Gasteiger partial charge in [-0.15, -0.1) is 0 Å². The van der Waals surface area contributed by atoms with Gasteiger partial charge in [-0.2, -0.15) is 5.10 Å². The van der Waals surface area contributed by atoms with Gasteiger partial charge in [0.2, 0.25) is 0 Å². The van der Waals surface area contributed by atoms with E-state index in [1.54, 1.807) is 0 Å². The topological polar surface area (TPSA) is 67.6 Å². The fraction of sp³-hybridized carbons (Fsp3) is 0.364. The van der Waals surface area contributed by atoms with Crippen LogP contribution in [-0.2, 0) is 19.6 Å². The molecule has 0 atom stereocenters. The molecule has 6 nitrogen and oxygen atoms in total. The van der Waals surface area contributed by atoms with Crippen LogP contribution >= 0.6 is 0 Å². The number of carbonyl (C=O) groups is 1. The summed E-state index contributed by atoms with van der Waals surface area (Å²) in [6.45, 7) is 7.77. The van der Waals surface area contributed by atoms with Crippen molar-refractivity contribution in [2.24, 2.45) is 0 Å². The van der Waals surface area contributed by atoms with E-state index in [-0.39, 0.29) is 0 Å². The van der Waals surface area contributed by atoms with Crippen LogP contribution in [0.5, 0.6) is 5.75 Å². The van der Waals surface area contributed by atoms with Crippen LogP contribution in [-0.4, -0.2) is 32.4 Å². The maximum Gasteiger partial charge on any atom is 0.407 e. The van der Waals surface area contributed by atoms with E-state index in [1.165, 1.54) is 10.5 Å². The summed E-state index contributed by atoms with van der Waals surface area (Å²) in [5.74, 6) is 0.862. The van der Waals surface area contributed by atoms with Crippen molar-refractivity contribution >= 4 is 17.0 Å². The largest absolute Gasteiger partial charge is 0.489 e. The SMILES string of the molecule is Cc1c(OCc2ccc3c(cnn3C(C)C)c2)ccc2c1CCN(C(=O)O)C2. The summed E-state index contributed by atoms with van der Waals surface area (Å²) in [5.41, 5.74) is 5.62. The van der Waals surface area contributed by atoms with Crippen molar-refractivity contribution in [2.45, 2.75) is 46.4 Å². The standard InChI is InChI=1S/C22H25N3O3/c1-14(2)25-20-6-4-16(10-18(20)11-23-25)13-28-21-7-5-17-12-24(22(26)27)9-8-19(17)15(21)3/h4-7,10-11,14H,8-9,12-13H2,1-3H3,(H,26,27). The first-order chi connectivity index (χ1) is 13.4. The average molecular weight is 379 g/mol. The second kappa shape index (κ2) is 7.19. The molecule has 1 N–H and O–H groups in total. The smallest absolute Gasteiger partial charge is 0.407 e. The molecule has 0 saturated carbocycles. The van der Waals surface area contributed by atoms with E-state index in [9.17, 15) is 9.90 Å². The number of amides is 1. The number of fused-ring (bicyclic) bond motifs is 2. The van der Waals surface area contributed by atoms with Crippen LogP contribution in [0, 0.1) is 6.92 Å². The molecule has 6 heteroatoms. The zero-order valence-corrected chi connectivity index (χ0v) is 16.5.